The van der Waals surface area contributed by atoms with E-state index in [1.54, 1.807) is 7.11 Å². The second-order valence-electron chi connectivity index (χ2n) is 5.03. The van der Waals surface area contributed by atoms with Crippen LogP contribution >= 0.6 is 0 Å². The smallest absolute Gasteiger partial charge is 0.226 e. The Morgan fingerprint density at radius 3 is 2.74 bits per heavy atom. The van der Waals surface area contributed by atoms with Crippen molar-refractivity contribution in [2.75, 3.05) is 13.7 Å². The van der Waals surface area contributed by atoms with Gasteiger partial charge in [0.2, 0.25) is 5.91 Å². The molecule has 3 unspecified atom stereocenters. The van der Waals surface area contributed by atoms with E-state index < -0.39 is 6.10 Å². The Labute approximate surface area is 113 Å². The molecule has 1 aromatic rings. The van der Waals surface area contributed by atoms with Gasteiger partial charge in [0.05, 0.1) is 24.7 Å². The number of hydrogen-bond acceptors (Lipinski definition) is 3. The first-order valence-corrected chi connectivity index (χ1v) is 6.74. The van der Waals surface area contributed by atoms with Gasteiger partial charge < -0.3 is 15.2 Å². The van der Waals surface area contributed by atoms with E-state index in [1.807, 2.05) is 30.3 Å². The van der Waals surface area contributed by atoms with Crippen molar-refractivity contribution in [2.24, 2.45) is 5.92 Å². The quantitative estimate of drug-likeness (QED) is 0.849. The van der Waals surface area contributed by atoms with Crippen LogP contribution in [0.1, 0.15) is 30.9 Å². The van der Waals surface area contributed by atoms with Gasteiger partial charge in [-0.25, -0.2) is 0 Å². The van der Waals surface area contributed by atoms with E-state index in [-0.39, 0.29) is 17.9 Å². The van der Waals surface area contributed by atoms with Gasteiger partial charge in [0.1, 0.15) is 0 Å². The summed E-state index contributed by atoms with van der Waals surface area (Å²) in [6.07, 6.45) is 1.90. The molecule has 0 spiro atoms. The minimum atomic E-state index is -0.501. The Morgan fingerprint density at radius 1 is 1.42 bits per heavy atom. The number of amides is 1. The summed E-state index contributed by atoms with van der Waals surface area (Å²) in [7, 11) is 1.62. The van der Waals surface area contributed by atoms with Crippen molar-refractivity contribution in [3.05, 3.63) is 35.9 Å². The maximum absolute atomic E-state index is 12.2. The van der Waals surface area contributed by atoms with E-state index in [1.165, 1.54) is 0 Å². The third kappa shape index (κ3) is 3.55. The normalized spacial score (nSPS) is 24.1. The Hall–Kier alpha value is -1.39. The minimum absolute atomic E-state index is 0.0732. The second kappa shape index (κ2) is 6.68. The van der Waals surface area contributed by atoms with Gasteiger partial charge in [-0.1, -0.05) is 30.3 Å². The maximum atomic E-state index is 12.2. The molecule has 0 bridgehead atoms. The molecular formula is C15H21NO3. The van der Waals surface area contributed by atoms with Crippen LogP contribution in [0.15, 0.2) is 30.3 Å². The molecule has 0 saturated heterocycles. The van der Waals surface area contributed by atoms with Crippen molar-refractivity contribution >= 4 is 5.91 Å². The van der Waals surface area contributed by atoms with Crippen molar-refractivity contribution < 1.29 is 14.6 Å². The number of aliphatic hydroxyl groups is 1. The summed E-state index contributed by atoms with van der Waals surface area (Å²) in [5.74, 6) is -0.348. The second-order valence-corrected chi connectivity index (χ2v) is 5.03. The van der Waals surface area contributed by atoms with Gasteiger partial charge in [0, 0.05) is 7.11 Å². The molecule has 1 aliphatic carbocycles. The van der Waals surface area contributed by atoms with Gasteiger partial charge in [-0.2, -0.15) is 0 Å². The first kappa shape index (κ1) is 14.0. The number of carbonyl (C=O) groups is 1. The number of carbonyl (C=O) groups excluding carboxylic acids is 1. The molecular weight excluding hydrogens is 242 g/mol. The molecule has 1 amide bonds. The lowest BCUT2D eigenvalue weighted by Gasteiger charge is -2.22. The van der Waals surface area contributed by atoms with Crippen molar-refractivity contribution in [2.45, 2.75) is 31.4 Å². The van der Waals surface area contributed by atoms with Crippen molar-refractivity contribution in [1.29, 1.82) is 0 Å². The Morgan fingerprint density at radius 2 is 2.16 bits per heavy atom. The van der Waals surface area contributed by atoms with Gasteiger partial charge >= 0.3 is 0 Å². The summed E-state index contributed by atoms with van der Waals surface area (Å²) < 4.78 is 5.17. The van der Waals surface area contributed by atoms with Crippen LogP contribution in [0.25, 0.3) is 0 Å². The highest BCUT2D eigenvalue weighted by Gasteiger charge is 2.32. The van der Waals surface area contributed by atoms with Crippen LogP contribution in [-0.4, -0.2) is 30.8 Å². The predicted molar refractivity (Wildman–Crippen MR) is 72.5 cm³/mol. The van der Waals surface area contributed by atoms with Crippen LogP contribution in [0, 0.1) is 5.92 Å². The third-order valence-electron chi connectivity index (χ3n) is 3.67. The number of nitrogens with one attached hydrogen (secondary N) is 1. The topological polar surface area (TPSA) is 58.6 Å². The summed E-state index contributed by atoms with van der Waals surface area (Å²) >= 11 is 0. The lowest BCUT2D eigenvalue weighted by atomic mass is 10.0. The molecule has 1 aromatic carbocycles. The summed E-state index contributed by atoms with van der Waals surface area (Å²) in [6.45, 7) is 0.429. The highest BCUT2D eigenvalue weighted by atomic mass is 16.5. The number of methoxy groups -OCH3 is 1. The van der Waals surface area contributed by atoms with Crippen LogP contribution in [0.3, 0.4) is 0 Å². The number of ether oxygens (including phenoxy) is 1. The number of rotatable bonds is 5. The average molecular weight is 263 g/mol. The van der Waals surface area contributed by atoms with E-state index >= 15 is 0 Å². The highest BCUT2D eigenvalue weighted by molar-refractivity contribution is 5.80. The Kier molecular flexibility index (Phi) is 4.93. The van der Waals surface area contributed by atoms with E-state index in [4.69, 9.17) is 4.74 Å². The Bertz CT molecular complexity index is 407. The molecule has 3 atom stereocenters. The molecule has 2 N–H and O–H groups in total. The van der Waals surface area contributed by atoms with Gasteiger partial charge in [-0.3, -0.25) is 4.79 Å². The molecule has 1 saturated carbocycles. The van der Waals surface area contributed by atoms with E-state index in [2.05, 4.69) is 5.32 Å². The largest absolute Gasteiger partial charge is 0.392 e. The standard InChI is InChI=1S/C15H21NO3/c1-19-10-13(11-6-3-2-4-7-11)16-15(18)12-8-5-9-14(12)17/h2-4,6-7,12-14,17H,5,8-10H2,1H3,(H,16,18). The Balaban J connectivity index is 2.02. The molecule has 19 heavy (non-hydrogen) atoms. The molecule has 1 aliphatic rings. The van der Waals surface area contributed by atoms with E-state index in [0.717, 1.165) is 24.8 Å². The molecule has 104 valence electrons. The lowest BCUT2D eigenvalue weighted by Crippen LogP contribution is -2.38. The first-order valence-electron chi connectivity index (χ1n) is 6.74. The molecule has 2 rings (SSSR count). The molecule has 0 radical (unpaired) electrons. The number of benzene rings is 1. The average Bonchev–Trinajstić information content (AvgIpc) is 2.85. The fourth-order valence-electron chi connectivity index (χ4n) is 2.60. The predicted octanol–water partition coefficient (Wildman–Crippen LogP) is 1.65. The van der Waals surface area contributed by atoms with Crippen LogP contribution in [-0.2, 0) is 9.53 Å². The van der Waals surface area contributed by atoms with Gasteiger partial charge in [0.25, 0.3) is 0 Å². The number of hydrogen-bond donors (Lipinski definition) is 2. The molecule has 4 heteroatoms. The van der Waals surface area contributed by atoms with Crippen molar-refractivity contribution in [3.63, 3.8) is 0 Å². The third-order valence-corrected chi connectivity index (χ3v) is 3.67. The van der Waals surface area contributed by atoms with Crippen LogP contribution < -0.4 is 5.32 Å². The fraction of sp³-hybridized carbons (Fsp3) is 0.533. The molecule has 0 aromatic heterocycles. The lowest BCUT2D eigenvalue weighted by molar-refractivity contribution is -0.128. The zero-order valence-electron chi connectivity index (χ0n) is 11.2. The van der Waals surface area contributed by atoms with Crippen LogP contribution in [0.4, 0.5) is 0 Å². The summed E-state index contributed by atoms with van der Waals surface area (Å²) in [5.41, 5.74) is 1.02. The first-order chi connectivity index (χ1) is 9.22. The summed E-state index contributed by atoms with van der Waals surface area (Å²) in [6, 6.07) is 9.59. The minimum Gasteiger partial charge on any atom is -0.392 e. The summed E-state index contributed by atoms with van der Waals surface area (Å²) in [5, 5.41) is 12.8. The fourth-order valence-corrected chi connectivity index (χ4v) is 2.60. The number of aliphatic hydroxyl groups excluding tert-OH is 1. The zero-order valence-corrected chi connectivity index (χ0v) is 11.2. The maximum Gasteiger partial charge on any atom is 0.226 e. The summed E-state index contributed by atoms with van der Waals surface area (Å²) in [4.78, 5) is 12.2. The van der Waals surface area contributed by atoms with Crippen molar-refractivity contribution in [3.8, 4) is 0 Å². The van der Waals surface area contributed by atoms with Crippen LogP contribution in [0.5, 0.6) is 0 Å². The zero-order chi connectivity index (χ0) is 13.7. The molecule has 4 nitrogen and oxygen atoms in total. The molecule has 0 aliphatic heterocycles. The SMILES string of the molecule is COCC(NC(=O)C1CCCC1O)c1ccccc1. The highest BCUT2D eigenvalue weighted by Crippen LogP contribution is 2.26. The van der Waals surface area contributed by atoms with Gasteiger partial charge in [0.15, 0.2) is 0 Å². The molecule has 1 fully saturated rings. The molecule has 0 heterocycles. The monoisotopic (exact) mass is 263 g/mol. The van der Waals surface area contributed by atoms with Crippen LogP contribution in [0.2, 0.25) is 0 Å². The van der Waals surface area contributed by atoms with Gasteiger partial charge in [-0.05, 0) is 24.8 Å². The van der Waals surface area contributed by atoms with Crippen molar-refractivity contribution in [1.82, 2.24) is 5.32 Å². The van der Waals surface area contributed by atoms with E-state index in [9.17, 15) is 9.90 Å². The van der Waals surface area contributed by atoms with Gasteiger partial charge in [-0.15, -0.1) is 0 Å². The van der Waals surface area contributed by atoms with E-state index in [0.29, 0.717) is 6.61 Å².